The van der Waals surface area contributed by atoms with Gasteiger partial charge in [-0.2, -0.15) is 0 Å². The Bertz CT molecular complexity index is 549. The third-order valence-electron chi connectivity index (χ3n) is 2.63. The highest BCUT2D eigenvalue weighted by molar-refractivity contribution is 5.86. The number of carbonyl (C=O) groups is 3. The number of benzene rings is 1. The van der Waals surface area contributed by atoms with Gasteiger partial charge in [0.1, 0.15) is 11.9 Å². The molecule has 1 unspecified atom stereocenters. The van der Waals surface area contributed by atoms with Crippen LogP contribution in [0.4, 0.5) is 9.18 Å². The highest BCUT2D eigenvalue weighted by atomic mass is 19.1. The van der Waals surface area contributed by atoms with Crippen LogP contribution in [0.1, 0.15) is 12.0 Å². The van der Waals surface area contributed by atoms with Gasteiger partial charge in [0.2, 0.25) is 0 Å². The molecule has 1 aromatic rings. The smallest absolute Gasteiger partial charge is 0.326 e. The Morgan fingerprint density at radius 3 is 2.52 bits per heavy atom. The molecule has 0 heterocycles. The summed E-state index contributed by atoms with van der Waals surface area (Å²) >= 11 is 0. The van der Waals surface area contributed by atoms with E-state index in [-0.39, 0.29) is 6.54 Å². The number of rotatable bonds is 6. The summed E-state index contributed by atoms with van der Waals surface area (Å²) in [4.78, 5) is 34.3. The molecule has 0 aliphatic carbocycles. The second-order valence-corrected chi connectivity index (χ2v) is 4.42. The summed E-state index contributed by atoms with van der Waals surface area (Å²) in [5.41, 5.74) is 0.526. The van der Waals surface area contributed by atoms with Crippen molar-refractivity contribution in [3.05, 3.63) is 35.6 Å². The summed E-state index contributed by atoms with van der Waals surface area (Å²) < 4.78 is 13.0. The van der Waals surface area contributed by atoms with Gasteiger partial charge in [-0.3, -0.25) is 4.79 Å². The van der Waals surface area contributed by atoms with Crippen molar-refractivity contribution in [1.82, 2.24) is 10.2 Å². The van der Waals surface area contributed by atoms with E-state index >= 15 is 0 Å². The van der Waals surface area contributed by atoms with Gasteiger partial charge < -0.3 is 20.4 Å². The first-order valence-electron chi connectivity index (χ1n) is 6.00. The molecule has 0 bridgehead atoms. The second-order valence-electron chi connectivity index (χ2n) is 4.42. The predicted octanol–water partition coefficient (Wildman–Crippen LogP) is 0.895. The number of hydrogen-bond acceptors (Lipinski definition) is 3. The Hall–Kier alpha value is -2.64. The standard InChI is InChI=1S/C13H15FN2O5/c1-16(7-8-3-2-4-9(14)5-8)13(21)15-10(12(19)20)6-11(17)18/h2-5,10H,6-7H2,1H3,(H,15,21)(H,17,18)(H,19,20). The van der Waals surface area contributed by atoms with Crippen molar-refractivity contribution in [3.8, 4) is 0 Å². The highest BCUT2D eigenvalue weighted by Gasteiger charge is 2.24. The van der Waals surface area contributed by atoms with Crippen LogP contribution in [0, 0.1) is 5.82 Å². The van der Waals surface area contributed by atoms with E-state index in [1.807, 2.05) is 0 Å². The minimum atomic E-state index is -1.52. The van der Waals surface area contributed by atoms with Gasteiger partial charge >= 0.3 is 18.0 Å². The summed E-state index contributed by atoms with van der Waals surface area (Å²) in [5.74, 6) is -3.23. The van der Waals surface area contributed by atoms with E-state index in [9.17, 15) is 18.8 Å². The maximum absolute atomic E-state index is 13.0. The first-order valence-corrected chi connectivity index (χ1v) is 6.00. The number of urea groups is 1. The number of carboxylic acid groups (broad SMARTS) is 2. The number of nitrogens with zero attached hydrogens (tertiary/aromatic N) is 1. The molecule has 0 aromatic heterocycles. The topological polar surface area (TPSA) is 107 Å². The summed E-state index contributed by atoms with van der Waals surface area (Å²) in [6.45, 7) is 0.0585. The van der Waals surface area contributed by atoms with Gasteiger partial charge in [-0.1, -0.05) is 12.1 Å². The van der Waals surface area contributed by atoms with Crippen molar-refractivity contribution in [3.63, 3.8) is 0 Å². The maximum Gasteiger partial charge on any atom is 0.326 e. The SMILES string of the molecule is CN(Cc1cccc(F)c1)C(=O)NC(CC(=O)O)C(=O)O. The van der Waals surface area contributed by atoms with E-state index in [0.717, 1.165) is 4.90 Å². The molecule has 1 rings (SSSR count). The van der Waals surface area contributed by atoms with Crippen LogP contribution in [0.25, 0.3) is 0 Å². The molecule has 7 nitrogen and oxygen atoms in total. The maximum atomic E-state index is 13.0. The Morgan fingerprint density at radius 1 is 1.33 bits per heavy atom. The average Bonchev–Trinajstić information content (AvgIpc) is 2.37. The van der Waals surface area contributed by atoms with Crippen LogP contribution in [0.5, 0.6) is 0 Å². The third kappa shape index (κ3) is 5.47. The van der Waals surface area contributed by atoms with Crippen LogP contribution < -0.4 is 5.32 Å². The monoisotopic (exact) mass is 298 g/mol. The summed E-state index contributed by atoms with van der Waals surface area (Å²) in [7, 11) is 1.39. The molecule has 8 heteroatoms. The van der Waals surface area contributed by atoms with Gasteiger partial charge in [0, 0.05) is 13.6 Å². The molecular weight excluding hydrogens is 283 g/mol. The minimum Gasteiger partial charge on any atom is -0.481 e. The highest BCUT2D eigenvalue weighted by Crippen LogP contribution is 2.06. The first-order chi connectivity index (χ1) is 9.79. The second kappa shape index (κ2) is 7.22. The lowest BCUT2D eigenvalue weighted by molar-refractivity contribution is -0.145. The number of aliphatic carboxylic acids is 2. The van der Waals surface area contributed by atoms with E-state index in [1.54, 1.807) is 6.07 Å². The minimum absolute atomic E-state index is 0.0585. The Balaban J connectivity index is 2.64. The van der Waals surface area contributed by atoms with Crippen LogP contribution in [-0.2, 0) is 16.1 Å². The molecule has 21 heavy (non-hydrogen) atoms. The van der Waals surface area contributed by atoms with E-state index in [4.69, 9.17) is 10.2 Å². The normalized spacial score (nSPS) is 11.5. The number of hydrogen-bond donors (Lipinski definition) is 3. The third-order valence-corrected chi connectivity index (χ3v) is 2.63. The molecule has 0 saturated heterocycles. The predicted molar refractivity (Wildman–Crippen MR) is 70.1 cm³/mol. The number of amides is 2. The van der Waals surface area contributed by atoms with Crippen molar-refractivity contribution >= 4 is 18.0 Å². The van der Waals surface area contributed by atoms with E-state index in [2.05, 4.69) is 5.32 Å². The molecule has 1 aromatic carbocycles. The average molecular weight is 298 g/mol. The zero-order valence-corrected chi connectivity index (χ0v) is 11.2. The van der Waals surface area contributed by atoms with E-state index in [0.29, 0.717) is 5.56 Å². The first kappa shape index (κ1) is 16.4. The van der Waals surface area contributed by atoms with Crippen molar-refractivity contribution in [1.29, 1.82) is 0 Å². The molecule has 0 radical (unpaired) electrons. The molecule has 3 N–H and O–H groups in total. The Labute approximate surface area is 120 Å². The number of carboxylic acids is 2. The molecule has 0 aliphatic rings. The van der Waals surface area contributed by atoms with Crippen LogP contribution in [0.15, 0.2) is 24.3 Å². The largest absolute Gasteiger partial charge is 0.481 e. The fraction of sp³-hybridized carbons (Fsp3) is 0.308. The van der Waals surface area contributed by atoms with Gasteiger partial charge in [0.25, 0.3) is 0 Å². The number of nitrogens with one attached hydrogen (secondary N) is 1. The Kier molecular flexibility index (Phi) is 5.65. The molecule has 0 fully saturated rings. The van der Waals surface area contributed by atoms with Gasteiger partial charge in [-0.25, -0.2) is 14.0 Å². The quantitative estimate of drug-likeness (QED) is 0.723. The molecular formula is C13H15FN2O5. The van der Waals surface area contributed by atoms with Crippen molar-refractivity contribution < 1.29 is 29.0 Å². The lowest BCUT2D eigenvalue weighted by Crippen LogP contribution is -2.47. The van der Waals surface area contributed by atoms with Crippen molar-refractivity contribution in [2.75, 3.05) is 7.05 Å². The number of halogens is 1. The molecule has 0 spiro atoms. The molecule has 1 atom stereocenters. The molecule has 0 saturated carbocycles. The van der Waals surface area contributed by atoms with Crippen molar-refractivity contribution in [2.24, 2.45) is 0 Å². The molecule has 2 amide bonds. The summed E-state index contributed by atoms with van der Waals surface area (Å²) in [6.07, 6.45) is -0.727. The lowest BCUT2D eigenvalue weighted by atomic mass is 10.2. The fourth-order valence-electron chi connectivity index (χ4n) is 1.61. The molecule has 0 aliphatic heterocycles. The van der Waals surface area contributed by atoms with Gasteiger partial charge in [-0.05, 0) is 17.7 Å². The fourth-order valence-corrected chi connectivity index (χ4v) is 1.61. The van der Waals surface area contributed by atoms with Crippen LogP contribution >= 0.6 is 0 Å². The summed E-state index contributed by atoms with van der Waals surface area (Å²) in [6, 6.07) is 3.32. The van der Waals surface area contributed by atoms with Crippen LogP contribution in [-0.4, -0.2) is 46.2 Å². The lowest BCUT2D eigenvalue weighted by Gasteiger charge is -2.20. The van der Waals surface area contributed by atoms with E-state index in [1.165, 1.54) is 25.2 Å². The van der Waals surface area contributed by atoms with Crippen LogP contribution in [0.2, 0.25) is 0 Å². The molecule has 114 valence electrons. The van der Waals surface area contributed by atoms with Gasteiger partial charge in [-0.15, -0.1) is 0 Å². The number of carbonyl (C=O) groups excluding carboxylic acids is 1. The van der Waals surface area contributed by atoms with Crippen LogP contribution in [0.3, 0.4) is 0 Å². The van der Waals surface area contributed by atoms with Gasteiger partial charge in [0.15, 0.2) is 0 Å². The zero-order chi connectivity index (χ0) is 16.0. The van der Waals surface area contributed by atoms with Gasteiger partial charge in [0.05, 0.1) is 6.42 Å². The van der Waals surface area contributed by atoms with E-state index < -0.39 is 36.2 Å². The zero-order valence-electron chi connectivity index (χ0n) is 11.2. The Morgan fingerprint density at radius 2 is 2.00 bits per heavy atom. The summed E-state index contributed by atoms with van der Waals surface area (Å²) in [5, 5.41) is 19.5. The van der Waals surface area contributed by atoms with Crippen molar-refractivity contribution in [2.45, 2.75) is 19.0 Å².